The number of para-hydroxylation sites is 1. The first-order chi connectivity index (χ1) is 20.4. The van der Waals surface area contributed by atoms with Crippen molar-refractivity contribution in [1.82, 2.24) is 15.4 Å². The van der Waals surface area contributed by atoms with Gasteiger partial charge >= 0.3 is 0 Å². The lowest BCUT2D eigenvalue weighted by molar-refractivity contribution is -0.141. The number of rotatable bonds is 7. The maximum atomic E-state index is 13.2. The first kappa shape index (κ1) is 28.3. The zero-order valence-corrected chi connectivity index (χ0v) is 22.9. The fourth-order valence-electron chi connectivity index (χ4n) is 5.21. The van der Waals surface area contributed by atoms with Gasteiger partial charge in [-0.25, -0.2) is 5.48 Å². The van der Waals surface area contributed by atoms with Crippen molar-refractivity contribution in [2.45, 2.75) is 20.0 Å². The van der Waals surface area contributed by atoms with Gasteiger partial charge in [-0.3, -0.25) is 24.6 Å². The van der Waals surface area contributed by atoms with E-state index in [4.69, 9.17) is 10.00 Å². The number of anilines is 1. The Morgan fingerprint density at radius 2 is 1.76 bits per heavy atom. The highest BCUT2D eigenvalue weighted by Crippen LogP contribution is 2.28. The van der Waals surface area contributed by atoms with Gasteiger partial charge in [0.25, 0.3) is 5.91 Å². The number of nitriles is 1. The van der Waals surface area contributed by atoms with Crippen LogP contribution in [0.1, 0.15) is 33.6 Å². The van der Waals surface area contributed by atoms with Crippen molar-refractivity contribution in [1.29, 1.82) is 5.26 Å². The van der Waals surface area contributed by atoms with Gasteiger partial charge in [0.2, 0.25) is 11.8 Å². The fraction of sp³-hybridized carbons (Fsp3) is 0.219. The molecule has 1 aliphatic rings. The second kappa shape index (κ2) is 12.5. The quantitative estimate of drug-likeness (QED) is 0.226. The molecule has 0 radical (unpaired) electrons. The molecule has 212 valence electrons. The number of pyridine rings is 1. The van der Waals surface area contributed by atoms with Crippen LogP contribution in [0.3, 0.4) is 0 Å². The van der Waals surface area contributed by atoms with E-state index in [0.29, 0.717) is 29.2 Å². The summed E-state index contributed by atoms with van der Waals surface area (Å²) < 4.78 is 6.00. The number of fused-ring (bicyclic) bond motifs is 1. The van der Waals surface area contributed by atoms with Crippen molar-refractivity contribution >= 4 is 34.3 Å². The number of piperidine rings is 1. The van der Waals surface area contributed by atoms with Crippen molar-refractivity contribution in [3.8, 4) is 11.8 Å². The Labute approximate surface area is 242 Å². The molecule has 0 unspecified atom stereocenters. The third-order valence-electron chi connectivity index (χ3n) is 7.39. The number of ether oxygens (including phenoxy) is 1. The second-order valence-electron chi connectivity index (χ2n) is 10.2. The third kappa shape index (κ3) is 6.22. The summed E-state index contributed by atoms with van der Waals surface area (Å²) in [4.78, 5) is 44.8. The van der Waals surface area contributed by atoms with Crippen LogP contribution in [0.2, 0.25) is 0 Å². The van der Waals surface area contributed by atoms with Gasteiger partial charge in [-0.05, 0) is 74.0 Å². The summed E-state index contributed by atoms with van der Waals surface area (Å²) in [5.74, 6) is -2.54. The molecule has 2 heterocycles. The second-order valence-corrected chi connectivity index (χ2v) is 10.2. The van der Waals surface area contributed by atoms with Crippen molar-refractivity contribution in [2.24, 2.45) is 11.8 Å². The van der Waals surface area contributed by atoms with E-state index in [-0.39, 0.29) is 31.3 Å². The van der Waals surface area contributed by atoms with Crippen LogP contribution >= 0.6 is 0 Å². The van der Waals surface area contributed by atoms with Crippen LogP contribution in [0.5, 0.6) is 5.75 Å². The van der Waals surface area contributed by atoms with Crippen molar-refractivity contribution in [3.63, 3.8) is 0 Å². The molecule has 42 heavy (non-hydrogen) atoms. The Morgan fingerprint density at radius 3 is 2.48 bits per heavy atom. The fourth-order valence-corrected chi connectivity index (χ4v) is 5.21. The number of carbonyl (C=O) groups is 3. The molecule has 0 saturated carbocycles. The molecule has 1 saturated heterocycles. The minimum atomic E-state index is -0.952. The topological polar surface area (TPSA) is 145 Å². The third-order valence-corrected chi connectivity index (χ3v) is 7.39. The molecule has 0 spiro atoms. The largest absolute Gasteiger partial charge is 0.489 e. The van der Waals surface area contributed by atoms with E-state index in [9.17, 15) is 19.6 Å². The maximum Gasteiger partial charge on any atom is 0.253 e. The van der Waals surface area contributed by atoms with Crippen LogP contribution in [-0.2, 0) is 16.2 Å². The molecule has 0 bridgehead atoms. The Hall–Kier alpha value is -5.27. The summed E-state index contributed by atoms with van der Waals surface area (Å²) in [7, 11) is 0. The molecule has 5 rings (SSSR count). The van der Waals surface area contributed by atoms with E-state index < -0.39 is 17.7 Å². The highest BCUT2D eigenvalue weighted by molar-refractivity contribution is 5.98. The minimum absolute atomic E-state index is 0.0424. The Balaban J connectivity index is 1.22. The molecule has 1 aliphatic heterocycles. The number of benzene rings is 3. The van der Waals surface area contributed by atoms with Crippen LogP contribution in [-0.4, -0.2) is 45.9 Å². The number of nitrogens with one attached hydrogen (secondary N) is 2. The summed E-state index contributed by atoms with van der Waals surface area (Å²) in [6.45, 7) is 2.51. The average Bonchev–Trinajstić information content (AvgIpc) is 3.03. The van der Waals surface area contributed by atoms with Gasteiger partial charge in [0, 0.05) is 41.0 Å². The highest BCUT2D eigenvalue weighted by Gasteiger charge is 2.40. The zero-order chi connectivity index (χ0) is 29.6. The molecule has 4 aromatic rings. The monoisotopic (exact) mass is 563 g/mol. The summed E-state index contributed by atoms with van der Waals surface area (Å²) in [5, 5.41) is 22.2. The minimum Gasteiger partial charge on any atom is -0.489 e. The smallest absolute Gasteiger partial charge is 0.253 e. The average molecular weight is 564 g/mol. The predicted molar refractivity (Wildman–Crippen MR) is 154 cm³/mol. The molecule has 1 aromatic heterocycles. The molecule has 2 atom stereocenters. The Kier molecular flexibility index (Phi) is 8.41. The van der Waals surface area contributed by atoms with E-state index in [1.54, 1.807) is 54.0 Å². The number of hydrogen-bond donors (Lipinski definition) is 3. The number of aryl methyl sites for hydroxylation is 1. The van der Waals surface area contributed by atoms with Crippen LogP contribution < -0.4 is 15.5 Å². The van der Waals surface area contributed by atoms with E-state index in [0.717, 1.165) is 22.2 Å². The molecular formula is C32H29N5O5. The van der Waals surface area contributed by atoms with Crippen LogP contribution in [0.25, 0.3) is 10.9 Å². The van der Waals surface area contributed by atoms with Crippen LogP contribution in [0.15, 0.2) is 78.9 Å². The van der Waals surface area contributed by atoms with Gasteiger partial charge in [-0.2, -0.15) is 5.26 Å². The first-order valence-electron chi connectivity index (χ1n) is 13.5. The van der Waals surface area contributed by atoms with Gasteiger partial charge in [-0.1, -0.05) is 18.2 Å². The van der Waals surface area contributed by atoms with Crippen molar-refractivity contribution < 1.29 is 24.3 Å². The number of hydroxylamine groups is 1. The molecule has 3 amide bonds. The molecule has 10 heteroatoms. The van der Waals surface area contributed by atoms with Crippen molar-refractivity contribution in [3.05, 3.63) is 101 Å². The molecule has 0 aliphatic carbocycles. The predicted octanol–water partition coefficient (Wildman–Crippen LogP) is 4.22. The number of carbonyl (C=O) groups excluding carboxylic acids is 3. The van der Waals surface area contributed by atoms with E-state index >= 15 is 0 Å². The first-order valence-corrected chi connectivity index (χ1v) is 13.5. The summed E-state index contributed by atoms with van der Waals surface area (Å²) in [6.07, 6.45) is 0.229. The summed E-state index contributed by atoms with van der Waals surface area (Å²) >= 11 is 0. The van der Waals surface area contributed by atoms with Crippen molar-refractivity contribution in [2.75, 3.05) is 18.4 Å². The number of hydrogen-bond acceptors (Lipinski definition) is 7. The molecule has 3 aromatic carbocycles. The lowest BCUT2D eigenvalue weighted by atomic mass is 9.83. The van der Waals surface area contributed by atoms with Gasteiger partial charge in [0.1, 0.15) is 12.4 Å². The van der Waals surface area contributed by atoms with Gasteiger partial charge in [0.15, 0.2) is 0 Å². The maximum absolute atomic E-state index is 13.2. The van der Waals surface area contributed by atoms with Crippen LogP contribution in [0.4, 0.5) is 5.69 Å². The lowest BCUT2D eigenvalue weighted by Crippen LogP contribution is -2.52. The van der Waals surface area contributed by atoms with Gasteiger partial charge < -0.3 is 15.0 Å². The number of nitrogens with zero attached hydrogens (tertiary/aromatic N) is 3. The number of aromatic nitrogens is 1. The number of likely N-dealkylation sites (tertiary alicyclic amines) is 1. The molecular weight excluding hydrogens is 534 g/mol. The Morgan fingerprint density at radius 1 is 1.02 bits per heavy atom. The molecule has 10 nitrogen and oxygen atoms in total. The van der Waals surface area contributed by atoms with Crippen LogP contribution in [0, 0.1) is 30.1 Å². The summed E-state index contributed by atoms with van der Waals surface area (Å²) in [6, 6.07) is 25.0. The summed E-state index contributed by atoms with van der Waals surface area (Å²) in [5.41, 5.74) is 5.79. The normalized spacial score (nSPS) is 16.4. The molecule has 1 fully saturated rings. The Bertz CT molecular complexity index is 1660. The molecule has 3 N–H and O–H groups in total. The van der Waals surface area contributed by atoms with E-state index in [2.05, 4.69) is 10.3 Å². The standard InChI is InChI=1S/C32H29N5O5/c1-20-16-23(26-4-2-3-5-29(26)34-20)19-42-25-12-10-24(11-13-25)35-30(38)27-14-15-37(18-28(27)31(39)36-41)32(40)22-8-6-21(17-33)7-9-22/h2-13,16,27-28,41H,14-15,18-19H2,1H3,(H,35,38)(H,36,39)/t27-,28-/m0/s1. The van der Waals surface area contributed by atoms with E-state index in [1.165, 1.54) is 4.90 Å². The van der Waals surface area contributed by atoms with E-state index in [1.807, 2.05) is 43.3 Å². The highest BCUT2D eigenvalue weighted by atomic mass is 16.5. The number of amides is 3. The zero-order valence-electron chi connectivity index (χ0n) is 22.9. The lowest BCUT2D eigenvalue weighted by Gasteiger charge is -2.36. The van der Waals surface area contributed by atoms with Gasteiger partial charge in [-0.15, -0.1) is 0 Å². The SMILES string of the molecule is Cc1cc(COc2ccc(NC(=O)[C@H]3CCN(C(=O)c4ccc(C#N)cc4)C[C@@H]3C(=O)NO)cc2)c2ccccc2n1. The van der Waals surface area contributed by atoms with Gasteiger partial charge in [0.05, 0.1) is 29.0 Å².